The molecule has 0 aromatic carbocycles. The molecule has 3 nitrogen and oxygen atoms in total. The molecule has 0 aliphatic rings. The molecule has 0 amide bonds. The van der Waals surface area contributed by atoms with Gasteiger partial charge in [-0.25, -0.2) is 0 Å². The lowest BCUT2D eigenvalue weighted by Gasteiger charge is -2.16. The zero-order chi connectivity index (χ0) is 10.2. The summed E-state index contributed by atoms with van der Waals surface area (Å²) in [5.74, 6) is 0. The number of hydrogen-bond acceptors (Lipinski definition) is 3. The molecule has 0 saturated heterocycles. The van der Waals surface area contributed by atoms with Gasteiger partial charge in [-0.2, -0.15) is 0 Å². The van der Waals surface area contributed by atoms with Crippen LogP contribution in [0.4, 0.5) is 0 Å². The minimum atomic E-state index is -2.33. The van der Waals surface area contributed by atoms with E-state index in [4.69, 9.17) is 10.3 Å². The summed E-state index contributed by atoms with van der Waals surface area (Å²) in [5, 5.41) is 0. The number of hydrogen-bond donors (Lipinski definition) is 1. The Kier molecular flexibility index (Phi) is 7.63. The average molecular weight is 207 g/mol. The van der Waals surface area contributed by atoms with E-state index in [0.717, 1.165) is 25.4 Å². The van der Waals surface area contributed by atoms with Crippen molar-refractivity contribution in [1.82, 2.24) is 0 Å². The van der Waals surface area contributed by atoms with Crippen molar-refractivity contribution in [2.75, 3.05) is 25.5 Å². The van der Waals surface area contributed by atoms with Crippen molar-refractivity contribution >= 4 is 7.37 Å². The molecular formula is C9H22NO2P. The van der Waals surface area contributed by atoms with E-state index in [1.807, 2.05) is 6.92 Å². The smallest absolute Gasteiger partial charge is 0.203 e. The summed E-state index contributed by atoms with van der Waals surface area (Å²) in [7, 11) is -2.33. The van der Waals surface area contributed by atoms with Gasteiger partial charge in [0.15, 0.2) is 0 Å². The molecule has 80 valence electrons. The number of nitrogens with two attached hydrogens (primary N) is 1. The minimum absolute atomic E-state index is 0.547. The summed E-state index contributed by atoms with van der Waals surface area (Å²) >= 11 is 0. The highest BCUT2D eigenvalue weighted by Gasteiger charge is 2.20. The van der Waals surface area contributed by atoms with E-state index in [1.165, 1.54) is 0 Å². The highest BCUT2D eigenvalue weighted by atomic mass is 31.2. The van der Waals surface area contributed by atoms with Gasteiger partial charge in [0.25, 0.3) is 0 Å². The van der Waals surface area contributed by atoms with E-state index in [-0.39, 0.29) is 0 Å². The van der Waals surface area contributed by atoms with Crippen molar-refractivity contribution in [3.63, 3.8) is 0 Å². The van der Waals surface area contributed by atoms with E-state index in [0.29, 0.717) is 19.3 Å². The second-order valence-corrected chi connectivity index (χ2v) is 5.96. The van der Waals surface area contributed by atoms with E-state index in [9.17, 15) is 4.57 Å². The van der Waals surface area contributed by atoms with Crippen molar-refractivity contribution in [3.05, 3.63) is 0 Å². The molecular weight excluding hydrogens is 185 g/mol. The third-order valence-electron chi connectivity index (χ3n) is 1.92. The van der Waals surface area contributed by atoms with Gasteiger partial charge in [0.2, 0.25) is 7.37 Å². The lowest BCUT2D eigenvalue weighted by molar-refractivity contribution is 0.331. The Morgan fingerprint density at radius 2 is 1.85 bits per heavy atom. The Labute approximate surface area is 81.5 Å². The molecule has 2 N–H and O–H groups in total. The van der Waals surface area contributed by atoms with Crippen LogP contribution >= 0.6 is 7.37 Å². The second-order valence-electron chi connectivity index (χ2n) is 3.18. The van der Waals surface area contributed by atoms with Crippen LogP contribution in [0, 0.1) is 0 Å². The molecule has 1 atom stereocenters. The maximum atomic E-state index is 12.1. The SMILES string of the molecule is CCCCP(=O)(CCCN)OCC. The molecule has 0 aromatic heterocycles. The van der Waals surface area contributed by atoms with Crippen LogP contribution in [0.2, 0.25) is 0 Å². The van der Waals surface area contributed by atoms with Gasteiger partial charge in [-0.1, -0.05) is 13.3 Å². The normalized spacial score (nSPS) is 15.6. The first-order chi connectivity index (χ1) is 6.18. The van der Waals surface area contributed by atoms with Crippen LogP contribution in [0.15, 0.2) is 0 Å². The fraction of sp³-hybridized carbons (Fsp3) is 1.00. The van der Waals surface area contributed by atoms with E-state index in [2.05, 4.69) is 6.92 Å². The van der Waals surface area contributed by atoms with Crippen molar-refractivity contribution < 1.29 is 9.09 Å². The number of unbranched alkanes of at least 4 members (excludes halogenated alkanes) is 1. The second kappa shape index (κ2) is 7.54. The van der Waals surface area contributed by atoms with Crippen molar-refractivity contribution in [2.45, 2.75) is 33.1 Å². The van der Waals surface area contributed by atoms with E-state index in [1.54, 1.807) is 0 Å². The minimum Gasteiger partial charge on any atom is -0.330 e. The van der Waals surface area contributed by atoms with Gasteiger partial charge in [0.1, 0.15) is 0 Å². The molecule has 0 aliphatic heterocycles. The summed E-state index contributed by atoms with van der Waals surface area (Å²) in [5.41, 5.74) is 5.38. The van der Waals surface area contributed by atoms with Crippen LogP contribution in [0.5, 0.6) is 0 Å². The van der Waals surface area contributed by atoms with E-state index < -0.39 is 7.37 Å². The zero-order valence-electron chi connectivity index (χ0n) is 8.79. The molecule has 4 heteroatoms. The fourth-order valence-electron chi connectivity index (χ4n) is 1.21. The topological polar surface area (TPSA) is 52.3 Å². The van der Waals surface area contributed by atoms with Crippen LogP contribution in [0.25, 0.3) is 0 Å². The highest BCUT2D eigenvalue weighted by Crippen LogP contribution is 2.47. The van der Waals surface area contributed by atoms with Crippen LogP contribution < -0.4 is 5.73 Å². The Morgan fingerprint density at radius 1 is 1.23 bits per heavy atom. The first-order valence-electron chi connectivity index (χ1n) is 5.11. The van der Waals surface area contributed by atoms with Gasteiger partial charge < -0.3 is 10.3 Å². The van der Waals surface area contributed by atoms with Gasteiger partial charge in [0.05, 0.1) is 6.61 Å². The molecule has 0 spiro atoms. The lowest BCUT2D eigenvalue weighted by atomic mass is 10.4. The van der Waals surface area contributed by atoms with Gasteiger partial charge in [-0.15, -0.1) is 0 Å². The first-order valence-corrected chi connectivity index (χ1v) is 7.10. The molecule has 0 saturated carbocycles. The van der Waals surface area contributed by atoms with Crippen LogP contribution in [0.3, 0.4) is 0 Å². The van der Waals surface area contributed by atoms with Crippen molar-refractivity contribution in [2.24, 2.45) is 5.73 Å². The molecule has 13 heavy (non-hydrogen) atoms. The maximum absolute atomic E-state index is 12.1. The van der Waals surface area contributed by atoms with E-state index >= 15 is 0 Å². The molecule has 0 radical (unpaired) electrons. The summed E-state index contributed by atoms with van der Waals surface area (Å²) in [6.07, 6.45) is 4.23. The van der Waals surface area contributed by atoms with Gasteiger partial charge in [-0.05, 0) is 26.3 Å². The quantitative estimate of drug-likeness (QED) is 0.622. The van der Waals surface area contributed by atoms with Crippen LogP contribution in [-0.2, 0) is 9.09 Å². The lowest BCUT2D eigenvalue weighted by Crippen LogP contribution is -2.06. The first kappa shape index (κ1) is 13.2. The third kappa shape index (κ3) is 6.25. The number of rotatable bonds is 8. The summed E-state index contributed by atoms with van der Waals surface area (Å²) in [6.45, 7) is 5.13. The summed E-state index contributed by atoms with van der Waals surface area (Å²) < 4.78 is 17.4. The van der Waals surface area contributed by atoms with Crippen LogP contribution in [0.1, 0.15) is 33.1 Å². The predicted molar refractivity (Wildman–Crippen MR) is 57.5 cm³/mol. The Balaban J connectivity index is 3.92. The molecule has 0 rings (SSSR count). The monoisotopic (exact) mass is 207 g/mol. The third-order valence-corrected chi connectivity index (χ3v) is 4.64. The fourth-order valence-corrected chi connectivity index (χ4v) is 3.62. The molecule has 0 aromatic rings. The average Bonchev–Trinajstić information content (AvgIpc) is 2.12. The van der Waals surface area contributed by atoms with Gasteiger partial charge in [-0.3, -0.25) is 4.57 Å². The summed E-state index contributed by atoms with van der Waals surface area (Å²) in [6, 6.07) is 0. The Morgan fingerprint density at radius 3 is 2.31 bits per heavy atom. The van der Waals surface area contributed by atoms with Crippen LogP contribution in [-0.4, -0.2) is 25.5 Å². The Bertz CT molecular complexity index is 150. The molecule has 0 heterocycles. The highest BCUT2D eigenvalue weighted by molar-refractivity contribution is 7.58. The Hall–Kier alpha value is 0.150. The summed E-state index contributed by atoms with van der Waals surface area (Å²) in [4.78, 5) is 0. The van der Waals surface area contributed by atoms with Gasteiger partial charge in [0, 0.05) is 12.3 Å². The standard InChI is InChI=1S/C9H22NO2P/c1-3-5-8-13(11,12-4-2)9-6-7-10/h3-10H2,1-2H3. The molecule has 0 fully saturated rings. The molecule has 1 unspecified atom stereocenters. The van der Waals surface area contributed by atoms with Gasteiger partial charge >= 0.3 is 0 Å². The zero-order valence-corrected chi connectivity index (χ0v) is 9.69. The van der Waals surface area contributed by atoms with Crippen molar-refractivity contribution in [1.29, 1.82) is 0 Å². The molecule has 0 aliphatic carbocycles. The predicted octanol–water partition coefficient (Wildman–Crippen LogP) is 2.45. The molecule has 0 bridgehead atoms. The maximum Gasteiger partial charge on any atom is 0.203 e. The van der Waals surface area contributed by atoms with Crippen molar-refractivity contribution in [3.8, 4) is 0 Å². The largest absolute Gasteiger partial charge is 0.330 e.